The van der Waals surface area contributed by atoms with Crippen LogP contribution in [-0.4, -0.2) is 9.68 Å². The van der Waals surface area contributed by atoms with Gasteiger partial charge >= 0.3 is 0 Å². The number of anilines is 2. The van der Waals surface area contributed by atoms with E-state index in [0.717, 1.165) is 29.2 Å². The van der Waals surface area contributed by atoms with Gasteiger partial charge in [-0.15, -0.1) is 0 Å². The number of halogens is 2. The fourth-order valence-corrected chi connectivity index (χ4v) is 3.58. The van der Waals surface area contributed by atoms with Gasteiger partial charge in [-0.05, 0) is 55.5 Å². The summed E-state index contributed by atoms with van der Waals surface area (Å²) in [5.74, 6) is -1.32. The second-order valence-corrected chi connectivity index (χ2v) is 6.60. The van der Waals surface area contributed by atoms with Crippen LogP contribution in [0.1, 0.15) is 6.92 Å². The molecule has 0 atom stereocenters. The second-order valence-electron chi connectivity index (χ2n) is 6.20. The molecule has 2 N–H and O–H groups in total. The zero-order chi connectivity index (χ0) is 19.0. The van der Waals surface area contributed by atoms with Crippen molar-refractivity contribution in [3.63, 3.8) is 0 Å². The maximum absolute atomic E-state index is 13.8. The minimum Gasteiger partial charge on any atom is -0.341 e. The van der Waals surface area contributed by atoms with Crippen molar-refractivity contribution in [1.82, 2.24) is 4.57 Å². The summed E-state index contributed by atoms with van der Waals surface area (Å²) in [7, 11) is 0. The quantitative estimate of drug-likeness (QED) is 0.433. The van der Waals surface area contributed by atoms with Crippen molar-refractivity contribution in [3.8, 4) is 0 Å². The minimum atomic E-state index is -0.694. The molecule has 0 spiro atoms. The summed E-state index contributed by atoms with van der Waals surface area (Å²) in [5.41, 5.74) is 3.24. The van der Waals surface area contributed by atoms with E-state index >= 15 is 0 Å². The number of fused-ring (bicyclic) bond motifs is 3. The molecule has 1 aromatic heterocycles. The smallest absolute Gasteiger partial charge is 0.175 e. The first kappa shape index (κ1) is 17.4. The highest BCUT2D eigenvalue weighted by molar-refractivity contribution is 7.80. The lowest BCUT2D eigenvalue weighted by molar-refractivity contribution is 0.586. The van der Waals surface area contributed by atoms with E-state index in [4.69, 9.17) is 12.2 Å². The summed E-state index contributed by atoms with van der Waals surface area (Å²) in [6.45, 7) is 2.99. The van der Waals surface area contributed by atoms with Gasteiger partial charge in [0.1, 0.15) is 11.6 Å². The van der Waals surface area contributed by atoms with Gasteiger partial charge in [-0.2, -0.15) is 0 Å². The van der Waals surface area contributed by atoms with Crippen LogP contribution >= 0.6 is 12.2 Å². The third-order valence-corrected chi connectivity index (χ3v) is 4.73. The average Bonchev–Trinajstić information content (AvgIpc) is 2.97. The van der Waals surface area contributed by atoms with E-state index in [1.165, 1.54) is 23.0 Å². The van der Waals surface area contributed by atoms with Gasteiger partial charge in [-0.1, -0.05) is 18.2 Å². The number of hydrogen-bond donors (Lipinski definition) is 2. The molecule has 0 radical (unpaired) electrons. The maximum atomic E-state index is 13.8. The standard InChI is InChI=1S/C21H17F2N3S/c1-2-26-19-6-4-3-5-15(19)16-12-14(8-10-20(16)26)24-21(27)25-18-9-7-13(22)11-17(18)23/h3-12H,2H2,1H3,(H2,24,25,27). The predicted molar refractivity (Wildman–Crippen MR) is 111 cm³/mol. The summed E-state index contributed by atoms with van der Waals surface area (Å²) in [4.78, 5) is 0. The molecule has 0 amide bonds. The Morgan fingerprint density at radius 3 is 2.48 bits per heavy atom. The molecule has 136 valence electrons. The summed E-state index contributed by atoms with van der Waals surface area (Å²) in [6, 6.07) is 17.6. The van der Waals surface area contributed by atoms with E-state index in [9.17, 15) is 8.78 Å². The van der Waals surface area contributed by atoms with Crippen LogP contribution in [0.5, 0.6) is 0 Å². The van der Waals surface area contributed by atoms with E-state index < -0.39 is 11.6 Å². The highest BCUT2D eigenvalue weighted by Gasteiger charge is 2.11. The first-order valence-corrected chi connectivity index (χ1v) is 9.01. The molecule has 4 rings (SSSR count). The normalized spacial score (nSPS) is 11.1. The average molecular weight is 381 g/mol. The fourth-order valence-electron chi connectivity index (χ4n) is 3.35. The van der Waals surface area contributed by atoms with Gasteiger partial charge in [-0.3, -0.25) is 0 Å². The first-order chi connectivity index (χ1) is 13.1. The highest BCUT2D eigenvalue weighted by atomic mass is 32.1. The Kier molecular flexibility index (Phi) is 4.49. The van der Waals surface area contributed by atoms with Gasteiger partial charge in [-0.25, -0.2) is 8.78 Å². The number of nitrogens with one attached hydrogen (secondary N) is 2. The van der Waals surface area contributed by atoms with Crippen molar-refractivity contribution in [3.05, 3.63) is 72.3 Å². The summed E-state index contributed by atoms with van der Waals surface area (Å²) in [6.07, 6.45) is 0. The van der Waals surface area contributed by atoms with Gasteiger partial charge in [0.2, 0.25) is 0 Å². The molecule has 6 heteroatoms. The third-order valence-electron chi connectivity index (χ3n) is 4.53. The van der Waals surface area contributed by atoms with Crippen LogP contribution in [0.4, 0.5) is 20.2 Å². The molecule has 0 aliphatic rings. The molecule has 0 fully saturated rings. The molecule has 27 heavy (non-hydrogen) atoms. The van der Waals surface area contributed by atoms with E-state index in [0.29, 0.717) is 0 Å². The number of benzene rings is 3. The van der Waals surface area contributed by atoms with Crippen LogP contribution in [0.15, 0.2) is 60.7 Å². The van der Waals surface area contributed by atoms with Crippen LogP contribution in [0.3, 0.4) is 0 Å². The molecule has 0 unspecified atom stereocenters. The Hall–Kier alpha value is -2.99. The van der Waals surface area contributed by atoms with Crippen molar-refractivity contribution in [2.75, 3.05) is 10.6 Å². The minimum absolute atomic E-state index is 0.123. The Balaban J connectivity index is 1.64. The molecule has 3 aromatic carbocycles. The zero-order valence-electron chi connectivity index (χ0n) is 14.6. The summed E-state index contributed by atoms with van der Waals surface area (Å²) < 4.78 is 29.1. The number of thiocarbonyl (C=S) groups is 1. The van der Waals surface area contributed by atoms with Crippen LogP contribution in [0, 0.1) is 11.6 Å². The van der Waals surface area contributed by atoms with E-state index in [2.05, 4.69) is 34.3 Å². The number of aromatic nitrogens is 1. The summed E-state index contributed by atoms with van der Waals surface area (Å²) in [5, 5.41) is 8.35. The van der Waals surface area contributed by atoms with Gasteiger partial charge in [0.05, 0.1) is 5.69 Å². The lowest BCUT2D eigenvalue weighted by Crippen LogP contribution is -2.19. The van der Waals surface area contributed by atoms with E-state index in [1.54, 1.807) is 0 Å². The number of hydrogen-bond acceptors (Lipinski definition) is 1. The van der Waals surface area contributed by atoms with Crippen LogP contribution in [0.2, 0.25) is 0 Å². The third kappa shape index (κ3) is 3.24. The molecular formula is C21H17F2N3S. The van der Waals surface area contributed by atoms with Crippen LogP contribution in [-0.2, 0) is 6.54 Å². The second kappa shape index (κ2) is 6.96. The fraction of sp³-hybridized carbons (Fsp3) is 0.0952. The van der Waals surface area contributed by atoms with E-state index in [1.807, 2.05) is 30.3 Å². The number of rotatable bonds is 3. The highest BCUT2D eigenvalue weighted by Crippen LogP contribution is 2.31. The van der Waals surface area contributed by atoms with Crippen LogP contribution in [0.25, 0.3) is 21.8 Å². The zero-order valence-corrected chi connectivity index (χ0v) is 15.4. The Labute approximate surface area is 160 Å². The molecule has 1 heterocycles. The Bertz CT molecular complexity index is 1170. The lowest BCUT2D eigenvalue weighted by atomic mass is 10.1. The SMILES string of the molecule is CCn1c2ccccc2c2cc(NC(=S)Nc3ccc(F)cc3F)ccc21. The molecular weight excluding hydrogens is 364 g/mol. The first-order valence-electron chi connectivity index (χ1n) is 8.61. The number of para-hydroxylation sites is 1. The Morgan fingerprint density at radius 1 is 0.926 bits per heavy atom. The van der Waals surface area contributed by atoms with Crippen molar-refractivity contribution >= 4 is 50.5 Å². The van der Waals surface area contributed by atoms with Crippen molar-refractivity contribution in [2.24, 2.45) is 0 Å². The maximum Gasteiger partial charge on any atom is 0.175 e. The predicted octanol–water partition coefficient (Wildman–Crippen LogP) is 5.90. The van der Waals surface area contributed by atoms with Gasteiger partial charge in [0.15, 0.2) is 5.11 Å². The summed E-state index contributed by atoms with van der Waals surface area (Å²) >= 11 is 5.27. The van der Waals surface area contributed by atoms with Gasteiger partial charge < -0.3 is 15.2 Å². The number of aryl methyl sites for hydroxylation is 1. The van der Waals surface area contributed by atoms with Gasteiger partial charge in [0.25, 0.3) is 0 Å². The largest absolute Gasteiger partial charge is 0.341 e. The molecule has 0 saturated heterocycles. The van der Waals surface area contributed by atoms with Crippen LogP contribution < -0.4 is 10.6 Å². The van der Waals surface area contributed by atoms with Crippen molar-refractivity contribution < 1.29 is 8.78 Å². The molecule has 0 aliphatic carbocycles. The molecule has 0 saturated carbocycles. The number of nitrogens with zero attached hydrogens (tertiary/aromatic N) is 1. The Morgan fingerprint density at radius 2 is 1.70 bits per heavy atom. The molecule has 4 aromatic rings. The van der Waals surface area contributed by atoms with E-state index in [-0.39, 0.29) is 10.8 Å². The van der Waals surface area contributed by atoms with Crippen molar-refractivity contribution in [1.29, 1.82) is 0 Å². The van der Waals surface area contributed by atoms with Gasteiger partial charge in [0, 0.05) is 40.1 Å². The topological polar surface area (TPSA) is 29.0 Å². The molecule has 0 aliphatic heterocycles. The monoisotopic (exact) mass is 381 g/mol. The lowest BCUT2D eigenvalue weighted by Gasteiger charge is -2.12. The van der Waals surface area contributed by atoms with Crippen molar-refractivity contribution in [2.45, 2.75) is 13.5 Å². The molecule has 3 nitrogen and oxygen atoms in total. The molecule has 0 bridgehead atoms.